The summed E-state index contributed by atoms with van der Waals surface area (Å²) in [6, 6.07) is 6.81. The van der Waals surface area contributed by atoms with E-state index in [2.05, 4.69) is 10.3 Å². The largest absolute Gasteiger partial charge is 0.495 e. The number of carbonyl (C=O) groups excluding carboxylic acids is 1. The minimum atomic E-state index is -3.40. The minimum Gasteiger partial charge on any atom is -0.495 e. The summed E-state index contributed by atoms with van der Waals surface area (Å²) in [5, 5.41) is 4.87. The Kier molecular flexibility index (Phi) is 6.57. The Bertz CT molecular complexity index is 1230. The molecule has 0 aliphatic heterocycles. The number of nitrogens with one attached hydrogen (secondary N) is 1. The van der Waals surface area contributed by atoms with Crippen molar-refractivity contribution in [3.8, 4) is 27.6 Å². The van der Waals surface area contributed by atoms with Gasteiger partial charge >= 0.3 is 0 Å². The molecule has 0 atom stereocenters. The van der Waals surface area contributed by atoms with E-state index in [0.717, 1.165) is 23.4 Å². The van der Waals surface area contributed by atoms with E-state index < -0.39 is 9.84 Å². The average Bonchev–Trinajstić information content (AvgIpc) is 3.24. The molecule has 0 radical (unpaired) electrons. The smallest absolute Gasteiger partial charge is 0.224 e. The quantitative estimate of drug-likeness (QED) is 0.507. The van der Waals surface area contributed by atoms with E-state index in [1.165, 1.54) is 24.9 Å². The van der Waals surface area contributed by atoms with Crippen molar-refractivity contribution in [3.05, 3.63) is 42.0 Å². The van der Waals surface area contributed by atoms with Gasteiger partial charge in [-0.05, 0) is 37.0 Å². The lowest BCUT2D eigenvalue weighted by atomic mass is 9.83. The van der Waals surface area contributed by atoms with Crippen LogP contribution in [-0.2, 0) is 14.6 Å². The molecule has 1 saturated carbocycles. The molecule has 1 aliphatic carbocycles. The SMILES string of the molecule is CCS(=O)(=O)c1ccc(-c2cncc(-c3cc(NC(=O)CC4CCC4)cs3)n2)cc1OC. The average molecular weight is 472 g/mol. The first kappa shape index (κ1) is 22.4. The van der Waals surface area contributed by atoms with Crippen LogP contribution in [-0.4, -0.2) is 37.2 Å². The van der Waals surface area contributed by atoms with Crippen molar-refractivity contribution in [2.45, 2.75) is 37.5 Å². The Morgan fingerprint density at radius 3 is 2.69 bits per heavy atom. The van der Waals surface area contributed by atoms with Crippen molar-refractivity contribution >= 4 is 32.8 Å². The fourth-order valence-corrected chi connectivity index (χ4v) is 5.40. The lowest BCUT2D eigenvalue weighted by Gasteiger charge is -2.24. The van der Waals surface area contributed by atoms with E-state index in [9.17, 15) is 13.2 Å². The zero-order valence-corrected chi connectivity index (χ0v) is 19.6. The van der Waals surface area contributed by atoms with Gasteiger partial charge in [0.2, 0.25) is 5.91 Å². The highest BCUT2D eigenvalue weighted by molar-refractivity contribution is 7.91. The number of rotatable bonds is 8. The van der Waals surface area contributed by atoms with Crippen LogP contribution >= 0.6 is 11.3 Å². The molecule has 2 heterocycles. The van der Waals surface area contributed by atoms with E-state index >= 15 is 0 Å². The van der Waals surface area contributed by atoms with Crippen LogP contribution in [0.15, 0.2) is 46.9 Å². The van der Waals surface area contributed by atoms with Crippen molar-refractivity contribution in [1.82, 2.24) is 9.97 Å². The van der Waals surface area contributed by atoms with Crippen LogP contribution in [0.1, 0.15) is 32.6 Å². The fraction of sp³-hybridized carbons (Fsp3) is 0.348. The first-order valence-corrected chi connectivity index (χ1v) is 13.0. The number of sulfone groups is 1. The number of anilines is 1. The van der Waals surface area contributed by atoms with Gasteiger partial charge in [0.05, 0.1) is 47.2 Å². The van der Waals surface area contributed by atoms with Gasteiger partial charge < -0.3 is 10.1 Å². The van der Waals surface area contributed by atoms with Gasteiger partial charge in [0.1, 0.15) is 10.6 Å². The number of ether oxygens (including phenoxy) is 1. The summed E-state index contributed by atoms with van der Waals surface area (Å²) in [6.07, 6.45) is 7.37. The van der Waals surface area contributed by atoms with Crippen LogP contribution < -0.4 is 10.1 Å². The third-order valence-corrected chi connectivity index (χ3v) is 8.36. The molecule has 1 N–H and O–H groups in total. The van der Waals surface area contributed by atoms with E-state index in [1.54, 1.807) is 37.5 Å². The Hall–Kier alpha value is -2.78. The molecular weight excluding hydrogens is 446 g/mol. The second kappa shape index (κ2) is 9.38. The van der Waals surface area contributed by atoms with E-state index in [0.29, 0.717) is 29.3 Å². The number of amides is 1. The predicted molar refractivity (Wildman–Crippen MR) is 126 cm³/mol. The van der Waals surface area contributed by atoms with E-state index in [4.69, 9.17) is 9.72 Å². The molecule has 0 spiro atoms. The first-order valence-electron chi connectivity index (χ1n) is 10.5. The highest BCUT2D eigenvalue weighted by Crippen LogP contribution is 2.33. The third kappa shape index (κ3) is 4.83. The summed E-state index contributed by atoms with van der Waals surface area (Å²) in [6.45, 7) is 1.60. The predicted octanol–water partition coefficient (Wildman–Crippen LogP) is 4.80. The van der Waals surface area contributed by atoms with Gasteiger partial charge in [0, 0.05) is 17.4 Å². The second-order valence-corrected chi connectivity index (χ2v) is 11.0. The highest BCUT2D eigenvalue weighted by atomic mass is 32.2. The lowest BCUT2D eigenvalue weighted by Crippen LogP contribution is -2.20. The van der Waals surface area contributed by atoms with Crippen LogP contribution in [0.2, 0.25) is 0 Å². The van der Waals surface area contributed by atoms with E-state index in [-0.39, 0.29) is 22.3 Å². The summed E-state index contributed by atoms with van der Waals surface area (Å²) < 4.78 is 29.9. The van der Waals surface area contributed by atoms with Crippen molar-refractivity contribution in [2.75, 3.05) is 18.2 Å². The molecule has 9 heteroatoms. The number of nitrogens with zero attached hydrogens (tertiary/aromatic N) is 2. The molecule has 0 unspecified atom stereocenters. The van der Waals surface area contributed by atoms with Crippen molar-refractivity contribution in [1.29, 1.82) is 0 Å². The van der Waals surface area contributed by atoms with Gasteiger partial charge in [-0.2, -0.15) is 0 Å². The molecule has 1 aromatic carbocycles. The minimum absolute atomic E-state index is 0.00406. The maximum absolute atomic E-state index is 12.3. The van der Waals surface area contributed by atoms with Gasteiger partial charge in [-0.25, -0.2) is 13.4 Å². The van der Waals surface area contributed by atoms with Crippen molar-refractivity contribution in [2.24, 2.45) is 5.92 Å². The monoisotopic (exact) mass is 471 g/mol. The molecule has 2 aromatic heterocycles. The molecule has 7 nitrogen and oxygen atoms in total. The van der Waals surface area contributed by atoms with Crippen LogP contribution in [0.3, 0.4) is 0 Å². The Morgan fingerprint density at radius 2 is 2.00 bits per heavy atom. The second-order valence-electron chi connectivity index (χ2n) is 7.81. The number of hydrogen-bond acceptors (Lipinski definition) is 7. The molecule has 1 fully saturated rings. The van der Waals surface area contributed by atoms with Gasteiger partial charge in [-0.1, -0.05) is 19.4 Å². The van der Waals surface area contributed by atoms with Crippen LogP contribution in [0.4, 0.5) is 5.69 Å². The molecule has 0 saturated heterocycles. The van der Waals surface area contributed by atoms with Gasteiger partial charge in [0.15, 0.2) is 9.84 Å². The number of benzene rings is 1. The standard InChI is InChI=1S/C23H25N3O4S2/c1-3-32(28,29)22-8-7-16(10-20(22)30-2)18-12-24-13-19(26-18)21-11-17(14-31-21)25-23(27)9-15-5-4-6-15/h7-8,10-15H,3-6,9H2,1-2H3,(H,25,27). The number of thiophene rings is 1. The van der Waals surface area contributed by atoms with Crippen LogP contribution in [0.25, 0.3) is 21.8 Å². The summed E-state index contributed by atoms with van der Waals surface area (Å²) in [7, 11) is -1.95. The molecule has 0 bridgehead atoms. The lowest BCUT2D eigenvalue weighted by molar-refractivity contribution is -0.117. The number of methoxy groups -OCH3 is 1. The van der Waals surface area contributed by atoms with Gasteiger partial charge in [-0.15, -0.1) is 11.3 Å². The normalized spacial score (nSPS) is 14.1. The summed E-state index contributed by atoms with van der Waals surface area (Å²) in [4.78, 5) is 22.2. The molecule has 1 aliphatic rings. The topological polar surface area (TPSA) is 98.2 Å². The van der Waals surface area contributed by atoms with Crippen LogP contribution in [0.5, 0.6) is 5.75 Å². The van der Waals surface area contributed by atoms with Gasteiger partial charge in [-0.3, -0.25) is 9.78 Å². The Labute approximate surface area is 191 Å². The summed E-state index contributed by atoms with van der Waals surface area (Å²) in [5.41, 5.74) is 2.75. The highest BCUT2D eigenvalue weighted by Gasteiger charge is 2.21. The molecule has 32 heavy (non-hydrogen) atoms. The van der Waals surface area contributed by atoms with Crippen LogP contribution in [0, 0.1) is 5.92 Å². The maximum Gasteiger partial charge on any atom is 0.224 e. The summed E-state index contributed by atoms with van der Waals surface area (Å²) >= 11 is 1.48. The zero-order chi connectivity index (χ0) is 22.7. The summed E-state index contributed by atoms with van der Waals surface area (Å²) in [5.74, 6) is 0.846. The molecule has 4 rings (SSSR count). The maximum atomic E-state index is 12.3. The zero-order valence-electron chi connectivity index (χ0n) is 18.0. The molecular formula is C23H25N3O4S2. The third-order valence-electron chi connectivity index (χ3n) is 5.64. The fourth-order valence-electron chi connectivity index (χ4n) is 3.57. The first-order chi connectivity index (χ1) is 15.4. The van der Waals surface area contributed by atoms with Gasteiger partial charge in [0.25, 0.3) is 0 Å². The Balaban J connectivity index is 1.55. The number of carbonyl (C=O) groups is 1. The van der Waals surface area contributed by atoms with Crippen molar-refractivity contribution in [3.63, 3.8) is 0 Å². The molecule has 1 amide bonds. The Morgan fingerprint density at radius 1 is 1.22 bits per heavy atom. The van der Waals surface area contributed by atoms with E-state index in [1.807, 2.05) is 11.4 Å². The number of hydrogen-bond donors (Lipinski definition) is 1. The van der Waals surface area contributed by atoms with Crippen molar-refractivity contribution < 1.29 is 17.9 Å². The molecule has 3 aromatic rings. The molecule has 168 valence electrons. The number of aromatic nitrogens is 2.